The molecular weight excluding hydrogens is 330 g/mol. The van der Waals surface area contributed by atoms with Gasteiger partial charge in [0.25, 0.3) is 0 Å². The predicted molar refractivity (Wildman–Crippen MR) is 96.4 cm³/mol. The van der Waals surface area contributed by atoms with Crippen LogP contribution in [0, 0.1) is 5.92 Å². The molecule has 2 aromatic rings. The fourth-order valence-electron chi connectivity index (χ4n) is 4.14. The standard InChI is InChI=1S/C19H25N5O2/c25-18-12-14(13-24(18)15-6-1-2-7-15)19(26)20-10-5-9-17-22-21-16-8-3-4-11-23(16)17/h3-4,8,11,14-15H,1-2,5-7,9-10,12-13H2,(H,20,26). The maximum Gasteiger partial charge on any atom is 0.225 e. The Bertz CT molecular complexity index is 796. The van der Waals surface area contributed by atoms with Crippen LogP contribution in [0.15, 0.2) is 24.4 Å². The average molecular weight is 355 g/mol. The molecule has 1 saturated carbocycles. The van der Waals surface area contributed by atoms with Crippen molar-refractivity contribution in [3.8, 4) is 0 Å². The van der Waals surface area contributed by atoms with E-state index in [0.29, 0.717) is 25.6 Å². The summed E-state index contributed by atoms with van der Waals surface area (Å²) in [7, 11) is 0. The third kappa shape index (κ3) is 3.43. The molecule has 7 nitrogen and oxygen atoms in total. The van der Waals surface area contributed by atoms with Crippen LogP contribution in [-0.4, -0.2) is 50.4 Å². The number of hydrogen-bond donors (Lipinski definition) is 1. The van der Waals surface area contributed by atoms with Gasteiger partial charge in [-0.05, 0) is 31.4 Å². The van der Waals surface area contributed by atoms with Gasteiger partial charge in [-0.25, -0.2) is 0 Å². The van der Waals surface area contributed by atoms with Gasteiger partial charge >= 0.3 is 0 Å². The first-order valence-corrected chi connectivity index (χ1v) is 9.58. The maximum absolute atomic E-state index is 12.4. The molecule has 2 fully saturated rings. The highest BCUT2D eigenvalue weighted by Crippen LogP contribution is 2.29. The Morgan fingerprint density at radius 2 is 2.08 bits per heavy atom. The normalized spacial score (nSPS) is 21.0. The Balaban J connectivity index is 1.23. The fourth-order valence-corrected chi connectivity index (χ4v) is 4.14. The molecule has 1 saturated heterocycles. The average Bonchev–Trinajstić information content (AvgIpc) is 3.38. The van der Waals surface area contributed by atoms with Gasteiger partial charge in [0, 0.05) is 38.2 Å². The second kappa shape index (κ2) is 7.43. The van der Waals surface area contributed by atoms with Crippen LogP contribution in [0.2, 0.25) is 0 Å². The van der Waals surface area contributed by atoms with Crippen molar-refractivity contribution in [1.29, 1.82) is 0 Å². The molecule has 26 heavy (non-hydrogen) atoms. The molecule has 4 rings (SSSR count). The van der Waals surface area contributed by atoms with Gasteiger partial charge in [0.05, 0.1) is 5.92 Å². The highest BCUT2D eigenvalue weighted by molar-refractivity contribution is 5.89. The van der Waals surface area contributed by atoms with Gasteiger partial charge in [-0.2, -0.15) is 0 Å². The van der Waals surface area contributed by atoms with E-state index >= 15 is 0 Å². The van der Waals surface area contributed by atoms with Crippen LogP contribution in [0.4, 0.5) is 0 Å². The molecular formula is C19H25N5O2. The zero-order chi connectivity index (χ0) is 17.9. The lowest BCUT2D eigenvalue weighted by molar-refractivity contribution is -0.130. The number of likely N-dealkylation sites (tertiary alicyclic amines) is 1. The number of carbonyl (C=O) groups is 2. The van der Waals surface area contributed by atoms with Crippen LogP contribution < -0.4 is 5.32 Å². The Kier molecular flexibility index (Phi) is 4.86. The molecule has 7 heteroatoms. The minimum Gasteiger partial charge on any atom is -0.356 e. The number of fused-ring (bicyclic) bond motifs is 1. The van der Waals surface area contributed by atoms with E-state index in [0.717, 1.165) is 37.2 Å². The van der Waals surface area contributed by atoms with Gasteiger partial charge in [-0.3, -0.25) is 14.0 Å². The molecule has 2 aromatic heterocycles. The Morgan fingerprint density at radius 3 is 2.92 bits per heavy atom. The van der Waals surface area contributed by atoms with Crippen molar-refractivity contribution >= 4 is 17.5 Å². The zero-order valence-electron chi connectivity index (χ0n) is 14.9. The summed E-state index contributed by atoms with van der Waals surface area (Å²) in [6.45, 7) is 1.18. The predicted octanol–water partition coefficient (Wildman–Crippen LogP) is 1.57. The van der Waals surface area contributed by atoms with Crippen molar-refractivity contribution in [3.63, 3.8) is 0 Å². The molecule has 1 aliphatic carbocycles. The summed E-state index contributed by atoms with van der Waals surface area (Å²) in [6, 6.07) is 6.17. The Labute approximate surface area is 152 Å². The number of aryl methyl sites for hydroxylation is 1. The maximum atomic E-state index is 12.4. The number of nitrogens with one attached hydrogen (secondary N) is 1. The number of rotatable bonds is 6. The summed E-state index contributed by atoms with van der Waals surface area (Å²) in [5, 5.41) is 11.3. The first-order valence-electron chi connectivity index (χ1n) is 9.58. The second-order valence-corrected chi connectivity index (χ2v) is 7.33. The molecule has 0 bridgehead atoms. The lowest BCUT2D eigenvalue weighted by Gasteiger charge is -2.23. The molecule has 1 atom stereocenters. The van der Waals surface area contributed by atoms with E-state index in [1.165, 1.54) is 12.8 Å². The van der Waals surface area contributed by atoms with Crippen LogP contribution in [-0.2, 0) is 16.0 Å². The molecule has 2 aliphatic rings. The summed E-state index contributed by atoms with van der Waals surface area (Å²) >= 11 is 0. The minimum absolute atomic E-state index is 0.00458. The number of carbonyl (C=O) groups excluding carboxylic acids is 2. The molecule has 138 valence electrons. The number of nitrogens with zero attached hydrogens (tertiary/aromatic N) is 4. The van der Waals surface area contributed by atoms with Crippen molar-refractivity contribution in [2.45, 2.75) is 51.0 Å². The van der Waals surface area contributed by atoms with Crippen molar-refractivity contribution < 1.29 is 9.59 Å². The number of pyridine rings is 1. The monoisotopic (exact) mass is 355 g/mol. The highest BCUT2D eigenvalue weighted by Gasteiger charge is 2.38. The summed E-state index contributed by atoms with van der Waals surface area (Å²) in [5.74, 6) is 0.854. The van der Waals surface area contributed by atoms with Crippen LogP contribution in [0.25, 0.3) is 5.65 Å². The number of hydrogen-bond acceptors (Lipinski definition) is 4. The summed E-state index contributed by atoms with van der Waals surface area (Å²) < 4.78 is 1.97. The van der Waals surface area contributed by atoms with E-state index in [-0.39, 0.29) is 17.7 Å². The minimum atomic E-state index is -0.197. The van der Waals surface area contributed by atoms with Crippen molar-refractivity contribution in [1.82, 2.24) is 24.8 Å². The van der Waals surface area contributed by atoms with Crippen LogP contribution in [0.1, 0.15) is 44.3 Å². The first kappa shape index (κ1) is 17.0. The summed E-state index contributed by atoms with van der Waals surface area (Å²) in [5.41, 5.74) is 0.836. The quantitative estimate of drug-likeness (QED) is 0.798. The van der Waals surface area contributed by atoms with Gasteiger partial charge in [0.15, 0.2) is 5.65 Å². The molecule has 0 radical (unpaired) electrons. The van der Waals surface area contributed by atoms with E-state index in [1.807, 2.05) is 33.7 Å². The van der Waals surface area contributed by atoms with E-state index in [1.54, 1.807) is 0 Å². The summed E-state index contributed by atoms with van der Waals surface area (Å²) in [6.07, 6.45) is 8.43. The first-order chi connectivity index (χ1) is 12.7. The topological polar surface area (TPSA) is 79.6 Å². The van der Waals surface area contributed by atoms with Gasteiger partial charge < -0.3 is 10.2 Å². The molecule has 2 amide bonds. The smallest absolute Gasteiger partial charge is 0.225 e. The zero-order valence-corrected chi connectivity index (χ0v) is 14.9. The van der Waals surface area contributed by atoms with E-state index in [9.17, 15) is 9.59 Å². The van der Waals surface area contributed by atoms with E-state index < -0.39 is 0 Å². The Morgan fingerprint density at radius 1 is 1.23 bits per heavy atom. The molecule has 0 aromatic carbocycles. The highest BCUT2D eigenvalue weighted by atomic mass is 16.2. The largest absolute Gasteiger partial charge is 0.356 e. The molecule has 1 aliphatic heterocycles. The van der Waals surface area contributed by atoms with Crippen LogP contribution >= 0.6 is 0 Å². The molecule has 1 N–H and O–H groups in total. The second-order valence-electron chi connectivity index (χ2n) is 7.33. The van der Waals surface area contributed by atoms with Gasteiger partial charge in [0.2, 0.25) is 11.8 Å². The fraction of sp³-hybridized carbons (Fsp3) is 0.579. The SMILES string of the molecule is O=C(NCCCc1nnc2ccccn12)C1CC(=O)N(C2CCCC2)C1. The van der Waals surface area contributed by atoms with Gasteiger partial charge in [-0.1, -0.05) is 18.9 Å². The molecule has 3 heterocycles. The summed E-state index contributed by atoms with van der Waals surface area (Å²) in [4.78, 5) is 26.6. The number of amides is 2. The third-order valence-corrected chi connectivity index (χ3v) is 5.56. The van der Waals surface area contributed by atoms with Crippen LogP contribution in [0.3, 0.4) is 0 Å². The number of aromatic nitrogens is 3. The van der Waals surface area contributed by atoms with Crippen molar-refractivity contribution in [2.24, 2.45) is 5.92 Å². The van der Waals surface area contributed by atoms with Gasteiger partial charge in [-0.15, -0.1) is 10.2 Å². The Hall–Kier alpha value is -2.44. The lowest BCUT2D eigenvalue weighted by Crippen LogP contribution is -2.37. The van der Waals surface area contributed by atoms with E-state index in [4.69, 9.17) is 0 Å². The molecule has 0 spiro atoms. The van der Waals surface area contributed by atoms with Gasteiger partial charge in [0.1, 0.15) is 5.82 Å². The van der Waals surface area contributed by atoms with Crippen molar-refractivity contribution in [2.75, 3.05) is 13.1 Å². The molecule has 1 unspecified atom stereocenters. The van der Waals surface area contributed by atoms with E-state index in [2.05, 4.69) is 15.5 Å². The third-order valence-electron chi connectivity index (χ3n) is 5.56. The lowest BCUT2D eigenvalue weighted by atomic mass is 10.1. The van der Waals surface area contributed by atoms with Crippen molar-refractivity contribution in [3.05, 3.63) is 30.2 Å². The van der Waals surface area contributed by atoms with Crippen LogP contribution in [0.5, 0.6) is 0 Å².